The average Bonchev–Trinajstić information content (AvgIpc) is 1.97. The van der Waals surface area contributed by atoms with Gasteiger partial charge in [0.25, 0.3) is 0 Å². The van der Waals surface area contributed by atoms with Gasteiger partial charge in [-0.1, -0.05) is 32.6 Å². The highest BCUT2D eigenvalue weighted by Gasteiger charge is 1.88. The Bertz CT molecular complexity index is 69.1. The Kier molecular flexibility index (Phi) is 8.38. The van der Waals surface area contributed by atoms with Gasteiger partial charge in [0.1, 0.15) is 6.29 Å². The molecule has 10 heavy (non-hydrogen) atoms. The first kappa shape index (κ1) is 9.67. The summed E-state index contributed by atoms with van der Waals surface area (Å²) in [6.07, 6.45) is 9.93. The Labute approximate surface area is 63.8 Å². The van der Waals surface area contributed by atoms with Crippen molar-refractivity contribution < 1.29 is 4.79 Å². The van der Waals surface area contributed by atoms with E-state index in [9.17, 15) is 4.79 Å². The summed E-state index contributed by atoms with van der Waals surface area (Å²) in [6, 6.07) is 0. The number of carbonyl (C=O) groups is 1. The fourth-order valence-electron chi connectivity index (χ4n) is 0.869. The van der Waals surface area contributed by atoms with Crippen LogP contribution in [0.2, 0.25) is 0 Å². The predicted molar refractivity (Wildman–Crippen MR) is 43.7 cm³/mol. The Morgan fingerprint density at radius 2 is 1.90 bits per heavy atom. The minimum Gasteiger partial charge on any atom is -0.303 e. The molecule has 0 saturated carbocycles. The van der Waals surface area contributed by atoms with E-state index in [0.29, 0.717) is 6.42 Å². The van der Waals surface area contributed by atoms with Crippen molar-refractivity contribution in [3.63, 3.8) is 0 Å². The largest absolute Gasteiger partial charge is 0.303 e. The molecule has 0 aliphatic rings. The molecule has 0 rings (SSSR count). The molecule has 0 fully saturated rings. The Morgan fingerprint density at radius 1 is 1.10 bits per heavy atom. The van der Waals surface area contributed by atoms with E-state index in [1.165, 1.54) is 25.7 Å². The number of aldehydes is 1. The second-order valence-electron chi connectivity index (χ2n) is 2.53. The quantitative estimate of drug-likeness (QED) is 0.393. The Balaban J connectivity index is 2.70. The molecule has 0 amide bonds. The topological polar surface area (TPSA) is 17.1 Å². The summed E-state index contributed by atoms with van der Waals surface area (Å²) < 4.78 is 0. The van der Waals surface area contributed by atoms with Crippen molar-refractivity contribution in [1.29, 1.82) is 0 Å². The van der Waals surface area contributed by atoms with E-state index in [1.54, 1.807) is 0 Å². The summed E-state index contributed by atoms with van der Waals surface area (Å²) in [5.74, 6) is 0. The molecule has 0 heterocycles. The van der Waals surface area contributed by atoms with Gasteiger partial charge in [-0.05, 0) is 12.8 Å². The number of hydrogen-bond donors (Lipinski definition) is 0. The van der Waals surface area contributed by atoms with Crippen LogP contribution < -0.4 is 0 Å². The zero-order chi connectivity index (χ0) is 7.66. The van der Waals surface area contributed by atoms with Crippen LogP contribution in [0.3, 0.4) is 0 Å². The third-order valence-corrected chi connectivity index (χ3v) is 1.50. The molecule has 0 atom stereocenters. The van der Waals surface area contributed by atoms with E-state index in [2.05, 4.69) is 13.3 Å². The maximum Gasteiger partial charge on any atom is 0.120 e. The van der Waals surface area contributed by atoms with Gasteiger partial charge in [0.05, 0.1) is 0 Å². The van der Waals surface area contributed by atoms with Gasteiger partial charge in [-0.3, -0.25) is 0 Å². The summed E-state index contributed by atoms with van der Waals surface area (Å²) in [5, 5.41) is 0. The molecule has 0 spiro atoms. The fourth-order valence-corrected chi connectivity index (χ4v) is 0.869. The number of unbranched alkanes of at least 4 members (excludes halogenated alkanes) is 6. The predicted octanol–water partition coefficient (Wildman–Crippen LogP) is 2.75. The first-order valence-electron chi connectivity index (χ1n) is 4.17. The highest BCUT2D eigenvalue weighted by atomic mass is 16.1. The van der Waals surface area contributed by atoms with E-state index in [0.717, 1.165) is 12.7 Å². The van der Waals surface area contributed by atoms with Crippen LogP contribution in [0.5, 0.6) is 0 Å². The van der Waals surface area contributed by atoms with Crippen molar-refractivity contribution in [1.82, 2.24) is 0 Å². The molecule has 0 N–H and O–H groups in total. The van der Waals surface area contributed by atoms with Crippen molar-refractivity contribution in [2.75, 3.05) is 0 Å². The lowest BCUT2D eigenvalue weighted by atomic mass is 10.1. The summed E-state index contributed by atoms with van der Waals surface area (Å²) in [6.45, 7) is 2.20. The minimum absolute atomic E-state index is 0.701. The van der Waals surface area contributed by atoms with Gasteiger partial charge >= 0.3 is 0 Å². The van der Waals surface area contributed by atoms with Crippen molar-refractivity contribution in [2.24, 2.45) is 0 Å². The first-order chi connectivity index (χ1) is 4.91. The number of rotatable bonds is 7. The lowest BCUT2D eigenvalue weighted by Gasteiger charge is -1.95. The van der Waals surface area contributed by atoms with E-state index >= 15 is 0 Å². The minimum atomic E-state index is 0.701. The van der Waals surface area contributed by atoms with Gasteiger partial charge in [-0.25, -0.2) is 0 Å². The monoisotopic (exact) mass is 141 g/mol. The van der Waals surface area contributed by atoms with Crippen molar-refractivity contribution >= 4 is 6.29 Å². The lowest BCUT2D eigenvalue weighted by molar-refractivity contribution is -0.107. The number of carbonyl (C=O) groups excluding carboxylic acids is 1. The summed E-state index contributed by atoms with van der Waals surface area (Å²) in [7, 11) is 0. The van der Waals surface area contributed by atoms with Crippen LogP contribution >= 0.6 is 0 Å². The molecular weight excluding hydrogens is 124 g/mol. The lowest BCUT2D eigenvalue weighted by Crippen LogP contribution is -1.80. The van der Waals surface area contributed by atoms with Crippen LogP contribution in [-0.2, 0) is 4.79 Å². The second kappa shape index (κ2) is 8.67. The van der Waals surface area contributed by atoms with Crippen LogP contribution in [0.25, 0.3) is 0 Å². The molecule has 0 aromatic rings. The Hall–Kier alpha value is -0.330. The highest BCUT2D eigenvalue weighted by molar-refractivity contribution is 5.49. The van der Waals surface area contributed by atoms with Gasteiger partial charge in [0, 0.05) is 6.42 Å². The van der Waals surface area contributed by atoms with E-state index in [-0.39, 0.29) is 0 Å². The molecule has 0 saturated heterocycles. The molecule has 0 aliphatic heterocycles. The van der Waals surface area contributed by atoms with Crippen LogP contribution in [0.4, 0.5) is 0 Å². The van der Waals surface area contributed by atoms with Gasteiger partial charge in [0.15, 0.2) is 0 Å². The molecule has 1 nitrogen and oxygen atoms in total. The SMILES string of the molecule is CCCCC[CH]CCC=O. The molecule has 0 unspecified atom stereocenters. The Morgan fingerprint density at radius 3 is 2.50 bits per heavy atom. The van der Waals surface area contributed by atoms with E-state index < -0.39 is 0 Å². The maximum atomic E-state index is 9.87. The zero-order valence-corrected chi connectivity index (χ0v) is 6.81. The standard InChI is InChI=1S/C9H17O/c1-2-3-4-5-6-7-8-9-10/h6,9H,2-5,7-8H2,1H3. The fraction of sp³-hybridized carbons (Fsp3) is 0.778. The molecule has 0 aliphatic carbocycles. The first-order valence-corrected chi connectivity index (χ1v) is 4.17. The molecule has 1 radical (unpaired) electrons. The molecule has 59 valence electrons. The average molecular weight is 141 g/mol. The van der Waals surface area contributed by atoms with E-state index in [1.807, 2.05) is 0 Å². The van der Waals surface area contributed by atoms with Gasteiger partial charge in [-0.15, -0.1) is 0 Å². The van der Waals surface area contributed by atoms with Crippen molar-refractivity contribution in [3.8, 4) is 0 Å². The highest BCUT2D eigenvalue weighted by Crippen LogP contribution is 2.04. The van der Waals surface area contributed by atoms with Crippen LogP contribution in [-0.4, -0.2) is 6.29 Å². The van der Waals surface area contributed by atoms with Crippen molar-refractivity contribution in [2.45, 2.75) is 45.4 Å². The normalized spacial score (nSPS) is 9.70. The third kappa shape index (κ3) is 7.67. The molecule has 0 aromatic heterocycles. The molecular formula is C9H17O. The summed E-state index contributed by atoms with van der Waals surface area (Å²) in [5.41, 5.74) is 0. The molecule has 0 aromatic carbocycles. The van der Waals surface area contributed by atoms with Gasteiger partial charge in [0.2, 0.25) is 0 Å². The van der Waals surface area contributed by atoms with Crippen molar-refractivity contribution in [3.05, 3.63) is 6.42 Å². The van der Waals surface area contributed by atoms with Crippen LogP contribution in [0.15, 0.2) is 0 Å². The van der Waals surface area contributed by atoms with Gasteiger partial charge < -0.3 is 4.79 Å². The maximum absolute atomic E-state index is 9.87. The van der Waals surface area contributed by atoms with Crippen LogP contribution in [0, 0.1) is 6.42 Å². The smallest absolute Gasteiger partial charge is 0.120 e. The zero-order valence-electron chi connectivity index (χ0n) is 6.81. The number of hydrogen-bond acceptors (Lipinski definition) is 1. The third-order valence-electron chi connectivity index (χ3n) is 1.50. The molecule has 0 bridgehead atoms. The second-order valence-corrected chi connectivity index (χ2v) is 2.53. The van der Waals surface area contributed by atoms with Crippen LogP contribution in [0.1, 0.15) is 45.4 Å². The van der Waals surface area contributed by atoms with Gasteiger partial charge in [-0.2, -0.15) is 0 Å². The molecule has 1 heteroatoms. The summed E-state index contributed by atoms with van der Waals surface area (Å²) >= 11 is 0. The summed E-state index contributed by atoms with van der Waals surface area (Å²) in [4.78, 5) is 9.87. The van der Waals surface area contributed by atoms with E-state index in [4.69, 9.17) is 0 Å².